The van der Waals surface area contributed by atoms with Crippen LogP contribution in [0.1, 0.15) is 39.2 Å². The molecule has 3 aromatic rings. The second-order valence-corrected chi connectivity index (χ2v) is 7.50. The molecule has 0 spiro atoms. The van der Waals surface area contributed by atoms with Gasteiger partial charge in [-0.15, -0.1) is 10.2 Å². The Morgan fingerprint density at radius 3 is 2.40 bits per heavy atom. The highest BCUT2D eigenvalue weighted by Crippen LogP contribution is 2.30. The summed E-state index contributed by atoms with van der Waals surface area (Å²) >= 11 is 0. The number of tetrazole rings is 1. The zero-order valence-corrected chi connectivity index (χ0v) is 17.4. The number of aliphatic imine (C=N–C) groups is 1. The number of nitrogens with zero attached hydrogens (tertiary/aromatic N) is 5. The Bertz CT molecular complexity index is 1110. The minimum Gasteiger partial charge on any atom is -0.290 e. The van der Waals surface area contributed by atoms with E-state index in [1.54, 1.807) is 4.90 Å². The summed E-state index contributed by atoms with van der Waals surface area (Å²) in [5.41, 5.74) is 5.58. The molecule has 1 amide bonds. The molecule has 1 aliphatic heterocycles. The third kappa shape index (κ3) is 3.78. The summed E-state index contributed by atoms with van der Waals surface area (Å²) in [6, 6.07) is 16.2. The molecule has 0 atom stereocenters. The zero-order chi connectivity index (χ0) is 21.1. The van der Waals surface area contributed by atoms with E-state index in [0.717, 1.165) is 46.5 Å². The number of allylic oxidation sites excluding steroid dienone is 1. The number of benzene rings is 2. The fourth-order valence-corrected chi connectivity index (χ4v) is 3.56. The average Bonchev–Trinajstić information content (AvgIpc) is 3.39. The van der Waals surface area contributed by atoms with E-state index in [4.69, 9.17) is 0 Å². The molecule has 0 radical (unpaired) electrons. The largest absolute Gasteiger partial charge is 0.290 e. The molecule has 2 aromatic carbocycles. The summed E-state index contributed by atoms with van der Waals surface area (Å²) in [6.07, 6.45) is 1.74. The van der Waals surface area contributed by atoms with E-state index < -0.39 is 0 Å². The van der Waals surface area contributed by atoms with Crippen molar-refractivity contribution in [1.82, 2.24) is 25.5 Å². The second-order valence-electron chi connectivity index (χ2n) is 7.50. The van der Waals surface area contributed by atoms with Gasteiger partial charge in [-0.25, -0.2) is 4.99 Å². The van der Waals surface area contributed by atoms with Crippen molar-refractivity contribution in [2.24, 2.45) is 4.99 Å². The number of nitrogens with one attached hydrogen (secondary N) is 1. The Kier molecular flexibility index (Phi) is 5.52. The van der Waals surface area contributed by atoms with Gasteiger partial charge >= 0.3 is 0 Å². The molecule has 0 unspecified atom stereocenters. The predicted molar refractivity (Wildman–Crippen MR) is 116 cm³/mol. The van der Waals surface area contributed by atoms with E-state index in [9.17, 15) is 4.79 Å². The number of amides is 1. The molecule has 152 valence electrons. The van der Waals surface area contributed by atoms with Crippen LogP contribution in [0.4, 0.5) is 0 Å². The van der Waals surface area contributed by atoms with Crippen LogP contribution in [0.5, 0.6) is 0 Å². The minimum atomic E-state index is -0.00928. The molecule has 1 aliphatic rings. The van der Waals surface area contributed by atoms with Crippen molar-refractivity contribution < 1.29 is 4.79 Å². The fraction of sp³-hybridized carbons (Fsp3) is 0.261. The first-order valence-electron chi connectivity index (χ1n) is 10.1. The first kappa shape index (κ1) is 19.7. The number of rotatable bonds is 6. The van der Waals surface area contributed by atoms with Crippen LogP contribution < -0.4 is 0 Å². The molecule has 7 nitrogen and oxygen atoms in total. The number of carbonyl (C=O) groups is 1. The smallest absolute Gasteiger partial charge is 0.278 e. The Hall–Kier alpha value is -3.61. The predicted octanol–water partition coefficient (Wildman–Crippen LogP) is 4.37. The Balaban J connectivity index is 1.59. The lowest BCUT2D eigenvalue weighted by Crippen LogP contribution is -2.31. The van der Waals surface area contributed by atoms with Crippen LogP contribution in [0.3, 0.4) is 0 Å². The average molecular weight is 400 g/mol. The minimum absolute atomic E-state index is 0.00928. The van der Waals surface area contributed by atoms with Crippen LogP contribution in [0.25, 0.3) is 22.5 Å². The summed E-state index contributed by atoms with van der Waals surface area (Å²) in [5, 5.41) is 14.4. The third-order valence-electron chi connectivity index (χ3n) is 5.07. The quantitative estimate of drug-likeness (QED) is 0.623. The molecule has 0 fully saturated rings. The van der Waals surface area contributed by atoms with Gasteiger partial charge < -0.3 is 0 Å². The van der Waals surface area contributed by atoms with E-state index in [-0.39, 0.29) is 5.91 Å². The SMILES string of the molecule is CCCC1=NC(=C(C)C)C(=O)N1Cc1ccc(-c2ccccc2-c2nn[nH]n2)cc1. The fourth-order valence-electron chi connectivity index (χ4n) is 3.56. The van der Waals surface area contributed by atoms with Crippen LogP contribution in [-0.2, 0) is 11.3 Å². The van der Waals surface area contributed by atoms with Gasteiger partial charge in [0.1, 0.15) is 11.5 Å². The normalized spacial score (nSPS) is 13.7. The summed E-state index contributed by atoms with van der Waals surface area (Å²) in [5.74, 6) is 1.40. The first-order chi connectivity index (χ1) is 14.6. The summed E-state index contributed by atoms with van der Waals surface area (Å²) in [4.78, 5) is 19.2. The van der Waals surface area contributed by atoms with E-state index >= 15 is 0 Å². The van der Waals surface area contributed by atoms with Gasteiger partial charge in [0, 0.05) is 12.0 Å². The van der Waals surface area contributed by atoms with Gasteiger partial charge in [-0.2, -0.15) is 5.21 Å². The molecule has 30 heavy (non-hydrogen) atoms. The Morgan fingerprint density at radius 1 is 1.03 bits per heavy atom. The van der Waals surface area contributed by atoms with Crippen molar-refractivity contribution in [2.45, 2.75) is 40.2 Å². The number of H-pyrrole nitrogens is 1. The summed E-state index contributed by atoms with van der Waals surface area (Å²) in [7, 11) is 0. The van der Waals surface area contributed by atoms with Crippen LogP contribution in [0, 0.1) is 0 Å². The number of amidine groups is 1. The molecule has 4 rings (SSSR count). The van der Waals surface area contributed by atoms with Gasteiger partial charge in [-0.3, -0.25) is 9.69 Å². The lowest BCUT2D eigenvalue weighted by molar-refractivity contribution is -0.123. The molecule has 1 N–H and O–H groups in total. The maximum atomic E-state index is 12.8. The molecule has 2 heterocycles. The third-order valence-corrected chi connectivity index (χ3v) is 5.07. The maximum absolute atomic E-state index is 12.8. The van der Waals surface area contributed by atoms with Crippen LogP contribution in [-0.4, -0.2) is 37.3 Å². The number of hydrogen-bond donors (Lipinski definition) is 1. The molecule has 0 saturated carbocycles. The van der Waals surface area contributed by atoms with Crippen molar-refractivity contribution in [2.75, 3.05) is 0 Å². The van der Waals surface area contributed by atoms with Crippen molar-refractivity contribution in [3.05, 3.63) is 65.4 Å². The van der Waals surface area contributed by atoms with Gasteiger partial charge in [0.25, 0.3) is 5.91 Å². The van der Waals surface area contributed by atoms with Gasteiger partial charge in [0.15, 0.2) is 0 Å². The Labute approximate surface area is 175 Å². The molecule has 1 aromatic heterocycles. The van der Waals surface area contributed by atoms with Crippen LogP contribution in [0.2, 0.25) is 0 Å². The van der Waals surface area contributed by atoms with Gasteiger partial charge in [0.05, 0.1) is 6.54 Å². The molecule has 7 heteroatoms. The van der Waals surface area contributed by atoms with Crippen molar-refractivity contribution in [3.63, 3.8) is 0 Å². The van der Waals surface area contributed by atoms with E-state index in [1.807, 2.05) is 38.1 Å². The highest BCUT2D eigenvalue weighted by Gasteiger charge is 2.30. The van der Waals surface area contributed by atoms with Crippen molar-refractivity contribution >= 4 is 11.7 Å². The van der Waals surface area contributed by atoms with Gasteiger partial charge in [0.2, 0.25) is 5.82 Å². The van der Waals surface area contributed by atoms with Gasteiger partial charge in [-0.05, 0) is 47.7 Å². The van der Waals surface area contributed by atoms with E-state index in [1.165, 1.54) is 0 Å². The van der Waals surface area contributed by atoms with E-state index in [2.05, 4.69) is 56.8 Å². The Morgan fingerprint density at radius 2 is 1.77 bits per heavy atom. The van der Waals surface area contributed by atoms with Crippen LogP contribution in [0.15, 0.2) is 64.8 Å². The number of aromatic nitrogens is 4. The molecular formula is C23H24N6O. The van der Waals surface area contributed by atoms with Crippen molar-refractivity contribution in [1.29, 1.82) is 0 Å². The monoisotopic (exact) mass is 400 g/mol. The lowest BCUT2D eigenvalue weighted by atomic mass is 9.98. The zero-order valence-electron chi connectivity index (χ0n) is 17.4. The lowest BCUT2D eigenvalue weighted by Gasteiger charge is -2.18. The first-order valence-corrected chi connectivity index (χ1v) is 10.1. The highest BCUT2D eigenvalue weighted by atomic mass is 16.2. The highest BCUT2D eigenvalue weighted by molar-refractivity contribution is 6.12. The number of hydrogen-bond acceptors (Lipinski definition) is 5. The summed E-state index contributed by atoms with van der Waals surface area (Å²) in [6.45, 7) is 6.47. The van der Waals surface area contributed by atoms with Gasteiger partial charge in [-0.1, -0.05) is 55.5 Å². The van der Waals surface area contributed by atoms with Crippen LogP contribution >= 0.6 is 0 Å². The second kappa shape index (κ2) is 8.41. The van der Waals surface area contributed by atoms with E-state index in [0.29, 0.717) is 18.1 Å². The number of carbonyl (C=O) groups excluding carboxylic acids is 1. The maximum Gasteiger partial charge on any atom is 0.278 e. The molecule has 0 aliphatic carbocycles. The summed E-state index contributed by atoms with van der Waals surface area (Å²) < 4.78 is 0. The topological polar surface area (TPSA) is 87.1 Å². The molecule has 0 saturated heterocycles. The standard InChI is InChI=1S/C23H24N6O/c1-4-7-20-24-21(15(2)3)23(30)29(20)14-16-10-12-17(13-11-16)18-8-5-6-9-19(18)22-25-27-28-26-22/h5-6,8-13H,4,7,14H2,1-3H3,(H,25,26,27,28). The molecule has 0 bridgehead atoms. The molecular weight excluding hydrogens is 376 g/mol. The number of aromatic amines is 1. The van der Waals surface area contributed by atoms with Crippen molar-refractivity contribution in [3.8, 4) is 22.5 Å².